The topological polar surface area (TPSA) is 24.9 Å². The standard InChI is InChI=1S/C17H22N2O2/c1-18-8-11-21-15(12-18)7-6-14-4-3-5-17-16(14)13-20-10-9-19(17)2/h3-5,15H,8-13H2,1-2H3. The summed E-state index contributed by atoms with van der Waals surface area (Å²) in [6.07, 6.45) is 0.00373. The van der Waals surface area contributed by atoms with Crippen molar-refractivity contribution in [3.05, 3.63) is 29.3 Å². The van der Waals surface area contributed by atoms with Crippen molar-refractivity contribution >= 4 is 5.69 Å². The molecular weight excluding hydrogens is 264 g/mol. The first-order valence-electron chi connectivity index (χ1n) is 7.46. The van der Waals surface area contributed by atoms with Crippen LogP contribution in [0.4, 0.5) is 5.69 Å². The van der Waals surface area contributed by atoms with Crippen LogP contribution in [0.15, 0.2) is 18.2 Å². The van der Waals surface area contributed by atoms with Crippen LogP contribution in [-0.2, 0) is 16.1 Å². The van der Waals surface area contributed by atoms with Gasteiger partial charge in [0, 0.05) is 43.5 Å². The minimum absolute atomic E-state index is 0.00373. The smallest absolute Gasteiger partial charge is 0.131 e. The van der Waals surface area contributed by atoms with Gasteiger partial charge in [0.15, 0.2) is 0 Å². The van der Waals surface area contributed by atoms with Crippen molar-refractivity contribution in [2.24, 2.45) is 0 Å². The maximum Gasteiger partial charge on any atom is 0.131 e. The molecule has 1 aromatic carbocycles. The van der Waals surface area contributed by atoms with E-state index in [1.165, 1.54) is 11.3 Å². The van der Waals surface area contributed by atoms with Crippen LogP contribution in [0, 0.1) is 11.8 Å². The number of anilines is 1. The highest BCUT2D eigenvalue weighted by atomic mass is 16.5. The van der Waals surface area contributed by atoms with E-state index in [1.54, 1.807) is 0 Å². The quantitative estimate of drug-likeness (QED) is 0.672. The molecule has 2 aliphatic heterocycles. The van der Waals surface area contributed by atoms with Crippen LogP contribution >= 0.6 is 0 Å². The SMILES string of the molecule is CN1CCOC(C#Cc2cccc3c2COCCN3C)C1. The van der Waals surface area contributed by atoms with Crippen molar-refractivity contribution in [1.82, 2.24) is 4.90 Å². The van der Waals surface area contributed by atoms with Gasteiger partial charge in [-0.2, -0.15) is 0 Å². The Morgan fingerprint density at radius 1 is 1.19 bits per heavy atom. The molecule has 0 bridgehead atoms. The third-order valence-corrected chi connectivity index (χ3v) is 4.02. The molecule has 21 heavy (non-hydrogen) atoms. The Bertz CT molecular complexity index is 562. The summed E-state index contributed by atoms with van der Waals surface area (Å²) < 4.78 is 11.4. The summed E-state index contributed by atoms with van der Waals surface area (Å²) in [6, 6.07) is 6.28. The Morgan fingerprint density at radius 3 is 2.95 bits per heavy atom. The normalized spacial score (nSPS) is 23.0. The van der Waals surface area contributed by atoms with E-state index >= 15 is 0 Å². The van der Waals surface area contributed by atoms with Crippen LogP contribution in [0.2, 0.25) is 0 Å². The lowest BCUT2D eigenvalue weighted by molar-refractivity contribution is 0.0121. The molecule has 0 amide bonds. The molecule has 4 nitrogen and oxygen atoms in total. The van der Waals surface area contributed by atoms with Gasteiger partial charge >= 0.3 is 0 Å². The van der Waals surface area contributed by atoms with Gasteiger partial charge in [-0.1, -0.05) is 17.9 Å². The molecular formula is C17H22N2O2. The van der Waals surface area contributed by atoms with Crippen LogP contribution in [-0.4, -0.2) is 57.9 Å². The van der Waals surface area contributed by atoms with E-state index < -0.39 is 0 Å². The molecule has 2 aliphatic rings. The molecule has 2 heterocycles. The highest BCUT2D eigenvalue weighted by molar-refractivity contribution is 5.60. The summed E-state index contributed by atoms with van der Waals surface area (Å²) in [5.41, 5.74) is 3.47. The van der Waals surface area contributed by atoms with Crippen molar-refractivity contribution < 1.29 is 9.47 Å². The molecule has 0 N–H and O–H groups in total. The van der Waals surface area contributed by atoms with Crippen molar-refractivity contribution in [2.75, 3.05) is 51.8 Å². The molecule has 0 aromatic heterocycles. The number of hydrogen-bond donors (Lipinski definition) is 0. The first-order valence-corrected chi connectivity index (χ1v) is 7.46. The average Bonchev–Trinajstić information content (AvgIpc) is 2.68. The highest BCUT2D eigenvalue weighted by Crippen LogP contribution is 2.25. The third kappa shape index (κ3) is 3.38. The van der Waals surface area contributed by atoms with Crippen molar-refractivity contribution in [3.63, 3.8) is 0 Å². The zero-order valence-electron chi connectivity index (χ0n) is 12.8. The molecule has 1 atom stereocenters. The zero-order chi connectivity index (χ0) is 14.7. The second-order valence-electron chi connectivity index (χ2n) is 5.67. The van der Waals surface area contributed by atoms with Gasteiger partial charge in [0.25, 0.3) is 0 Å². The average molecular weight is 286 g/mol. The predicted molar refractivity (Wildman–Crippen MR) is 83.5 cm³/mol. The largest absolute Gasteiger partial charge is 0.375 e. The Labute approximate surface area is 126 Å². The summed E-state index contributed by atoms with van der Waals surface area (Å²) in [4.78, 5) is 4.49. The second kappa shape index (κ2) is 6.48. The van der Waals surface area contributed by atoms with Crippen molar-refractivity contribution in [1.29, 1.82) is 0 Å². The molecule has 0 spiro atoms. The number of likely N-dealkylation sites (N-methyl/N-ethyl adjacent to an activating group) is 2. The fourth-order valence-electron chi connectivity index (χ4n) is 2.72. The number of nitrogens with zero attached hydrogens (tertiary/aromatic N) is 2. The van der Waals surface area contributed by atoms with Gasteiger partial charge in [0.05, 0.1) is 19.8 Å². The summed E-state index contributed by atoms with van der Waals surface area (Å²) in [6.45, 7) is 4.93. The van der Waals surface area contributed by atoms with Crippen molar-refractivity contribution in [2.45, 2.75) is 12.7 Å². The first kappa shape index (κ1) is 14.4. The fraction of sp³-hybridized carbons (Fsp3) is 0.529. The molecule has 112 valence electrons. The van der Waals surface area contributed by atoms with Gasteiger partial charge in [-0.25, -0.2) is 0 Å². The van der Waals surface area contributed by atoms with E-state index in [-0.39, 0.29) is 6.10 Å². The number of benzene rings is 1. The van der Waals surface area contributed by atoms with Gasteiger partial charge in [-0.15, -0.1) is 0 Å². The molecule has 0 radical (unpaired) electrons. The number of rotatable bonds is 0. The Morgan fingerprint density at radius 2 is 2.10 bits per heavy atom. The van der Waals surface area contributed by atoms with Crippen LogP contribution < -0.4 is 4.90 Å². The van der Waals surface area contributed by atoms with Crippen molar-refractivity contribution in [3.8, 4) is 11.8 Å². The summed E-state index contributed by atoms with van der Waals surface area (Å²) in [5.74, 6) is 6.57. The van der Waals surface area contributed by atoms with Gasteiger partial charge in [0.2, 0.25) is 0 Å². The lowest BCUT2D eigenvalue weighted by atomic mass is 10.1. The summed E-state index contributed by atoms with van der Waals surface area (Å²) in [7, 11) is 4.21. The van der Waals surface area contributed by atoms with E-state index in [0.717, 1.165) is 38.4 Å². The number of fused-ring (bicyclic) bond motifs is 1. The Hall–Kier alpha value is -1.54. The number of morpholine rings is 1. The molecule has 1 saturated heterocycles. The fourth-order valence-corrected chi connectivity index (χ4v) is 2.72. The predicted octanol–water partition coefficient (Wildman–Crippen LogP) is 1.34. The van der Waals surface area contributed by atoms with Gasteiger partial charge < -0.3 is 19.3 Å². The summed E-state index contributed by atoms with van der Waals surface area (Å²) >= 11 is 0. The number of hydrogen-bond acceptors (Lipinski definition) is 4. The number of ether oxygens (including phenoxy) is 2. The molecule has 0 aliphatic carbocycles. The zero-order valence-corrected chi connectivity index (χ0v) is 12.8. The first-order chi connectivity index (χ1) is 10.2. The van der Waals surface area contributed by atoms with E-state index in [9.17, 15) is 0 Å². The molecule has 0 saturated carbocycles. The van der Waals surface area contributed by atoms with E-state index in [0.29, 0.717) is 6.61 Å². The monoisotopic (exact) mass is 286 g/mol. The van der Waals surface area contributed by atoms with Crippen LogP contribution in [0.25, 0.3) is 0 Å². The third-order valence-electron chi connectivity index (χ3n) is 4.02. The minimum atomic E-state index is 0.00373. The van der Waals surface area contributed by atoms with E-state index in [1.807, 2.05) is 0 Å². The van der Waals surface area contributed by atoms with Crippen LogP contribution in [0.1, 0.15) is 11.1 Å². The van der Waals surface area contributed by atoms with Crippen LogP contribution in [0.3, 0.4) is 0 Å². The van der Waals surface area contributed by atoms with Gasteiger partial charge in [-0.3, -0.25) is 0 Å². The summed E-state index contributed by atoms with van der Waals surface area (Å²) in [5, 5.41) is 0. The van der Waals surface area contributed by atoms with Gasteiger partial charge in [0.1, 0.15) is 6.10 Å². The molecule has 1 aromatic rings. The lowest BCUT2D eigenvalue weighted by Gasteiger charge is -2.26. The van der Waals surface area contributed by atoms with Gasteiger partial charge in [-0.05, 0) is 19.2 Å². The Balaban J connectivity index is 1.85. The van der Waals surface area contributed by atoms with Crippen LogP contribution in [0.5, 0.6) is 0 Å². The highest BCUT2D eigenvalue weighted by Gasteiger charge is 2.17. The molecule has 4 heteroatoms. The maximum absolute atomic E-state index is 5.70. The minimum Gasteiger partial charge on any atom is -0.375 e. The second-order valence-corrected chi connectivity index (χ2v) is 5.67. The van der Waals surface area contributed by atoms with E-state index in [2.05, 4.69) is 53.9 Å². The Kier molecular flexibility index (Phi) is 4.45. The molecule has 1 fully saturated rings. The van der Waals surface area contributed by atoms with E-state index in [4.69, 9.17) is 9.47 Å². The molecule has 1 unspecified atom stereocenters. The molecule has 3 rings (SSSR count). The lowest BCUT2D eigenvalue weighted by Crippen LogP contribution is -2.39. The maximum atomic E-state index is 5.70.